The maximum atomic E-state index is 10.6. The van der Waals surface area contributed by atoms with Crippen molar-refractivity contribution in [2.45, 2.75) is 31.5 Å². The van der Waals surface area contributed by atoms with Crippen LogP contribution in [0.25, 0.3) is 21.9 Å². The second-order valence-corrected chi connectivity index (χ2v) is 8.55. The molecule has 0 aromatic heterocycles. The third-order valence-electron chi connectivity index (χ3n) is 5.90. The van der Waals surface area contributed by atoms with Gasteiger partial charge in [-0.2, -0.15) is 0 Å². The van der Waals surface area contributed by atoms with Gasteiger partial charge < -0.3 is 25.6 Å². The summed E-state index contributed by atoms with van der Waals surface area (Å²) in [5, 5.41) is 22.9. The minimum absolute atomic E-state index is 0.209. The molecule has 0 aliphatic carbocycles. The molecule has 1 saturated heterocycles. The van der Waals surface area contributed by atoms with Crippen LogP contribution in [-0.2, 0) is 0 Å². The van der Waals surface area contributed by atoms with E-state index in [1.807, 2.05) is 55.5 Å². The highest BCUT2D eigenvalue weighted by molar-refractivity contribution is 6.00. The molecule has 30 heavy (non-hydrogen) atoms. The molecule has 1 fully saturated rings. The SMILES string of the molecule is CC1(O)CCN(CC(O)COc2ccc3ccccc3c2-c2cccc(N)c2)CC1. The van der Waals surface area contributed by atoms with Crippen LogP contribution in [0.4, 0.5) is 5.69 Å². The van der Waals surface area contributed by atoms with E-state index in [0.29, 0.717) is 12.2 Å². The summed E-state index contributed by atoms with van der Waals surface area (Å²) in [5.74, 6) is 0.736. The molecule has 0 radical (unpaired) electrons. The van der Waals surface area contributed by atoms with Crippen LogP contribution in [-0.4, -0.2) is 53.1 Å². The van der Waals surface area contributed by atoms with Gasteiger partial charge in [0.2, 0.25) is 0 Å². The summed E-state index contributed by atoms with van der Waals surface area (Å²) in [6.45, 7) is 4.20. The van der Waals surface area contributed by atoms with E-state index in [4.69, 9.17) is 10.5 Å². The van der Waals surface area contributed by atoms with Crippen molar-refractivity contribution in [1.82, 2.24) is 4.90 Å². The Morgan fingerprint density at radius 1 is 1.07 bits per heavy atom. The van der Waals surface area contributed by atoms with Gasteiger partial charge in [-0.1, -0.05) is 42.5 Å². The number of anilines is 1. The third-order valence-corrected chi connectivity index (χ3v) is 5.90. The number of nitrogens with zero attached hydrogens (tertiary/aromatic N) is 1. The lowest BCUT2D eigenvalue weighted by molar-refractivity contribution is -0.0201. The third kappa shape index (κ3) is 4.75. The van der Waals surface area contributed by atoms with Gasteiger partial charge in [-0.15, -0.1) is 0 Å². The molecule has 4 rings (SSSR count). The lowest BCUT2D eigenvalue weighted by atomic mass is 9.94. The topological polar surface area (TPSA) is 79.0 Å². The Balaban J connectivity index is 1.52. The van der Waals surface area contributed by atoms with Gasteiger partial charge in [-0.05, 0) is 54.3 Å². The standard InChI is InChI=1S/C25H30N2O3/c1-25(29)11-13-27(14-12-25)16-21(28)17-30-23-10-9-18-5-2-3-8-22(18)24(23)19-6-4-7-20(26)15-19/h2-10,15,21,28-29H,11-14,16-17,26H2,1H3. The van der Waals surface area contributed by atoms with Gasteiger partial charge in [0.1, 0.15) is 18.5 Å². The normalized spacial score (nSPS) is 17.7. The van der Waals surface area contributed by atoms with Crippen LogP contribution in [0, 0.1) is 0 Å². The highest BCUT2D eigenvalue weighted by atomic mass is 16.5. The Bertz CT molecular complexity index is 1010. The summed E-state index contributed by atoms with van der Waals surface area (Å²) in [6, 6.07) is 20.0. The van der Waals surface area contributed by atoms with Crippen molar-refractivity contribution in [2.24, 2.45) is 0 Å². The number of aliphatic hydroxyl groups is 2. The predicted octanol–water partition coefficient (Wildman–Crippen LogP) is 3.68. The Morgan fingerprint density at radius 3 is 2.60 bits per heavy atom. The second-order valence-electron chi connectivity index (χ2n) is 8.55. The van der Waals surface area contributed by atoms with Crippen LogP contribution in [0.5, 0.6) is 5.75 Å². The van der Waals surface area contributed by atoms with E-state index < -0.39 is 11.7 Å². The first-order chi connectivity index (χ1) is 14.4. The van der Waals surface area contributed by atoms with E-state index in [1.165, 1.54) is 0 Å². The molecule has 1 atom stereocenters. The monoisotopic (exact) mass is 406 g/mol. The summed E-state index contributed by atoms with van der Waals surface area (Å²) in [4.78, 5) is 2.19. The van der Waals surface area contributed by atoms with Crippen molar-refractivity contribution in [3.63, 3.8) is 0 Å². The van der Waals surface area contributed by atoms with Crippen LogP contribution in [0.2, 0.25) is 0 Å². The Hall–Kier alpha value is -2.60. The molecular weight excluding hydrogens is 376 g/mol. The molecule has 3 aromatic carbocycles. The van der Waals surface area contributed by atoms with Crippen LogP contribution in [0.1, 0.15) is 19.8 Å². The molecule has 1 aliphatic heterocycles. The zero-order chi connectivity index (χ0) is 21.1. The first-order valence-corrected chi connectivity index (χ1v) is 10.5. The number of rotatable bonds is 6. The van der Waals surface area contributed by atoms with Crippen LogP contribution >= 0.6 is 0 Å². The first kappa shape index (κ1) is 20.7. The van der Waals surface area contributed by atoms with Crippen molar-refractivity contribution in [1.29, 1.82) is 0 Å². The number of benzene rings is 3. The summed E-state index contributed by atoms with van der Waals surface area (Å²) in [7, 11) is 0. The minimum Gasteiger partial charge on any atom is -0.490 e. The molecule has 5 heteroatoms. The van der Waals surface area contributed by atoms with Crippen molar-refractivity contribution in [2.75, 3.05) is 32.0 Å². The van der Waals surface area contributed by atoms with Crippen LogP contribution in [0.3, 0.4) is 0 Å². The molecule has 158 valence electrons. The number of aliphatic hydroxyl groups excluding tert-OH is 1. The number of ether oxygens (including phenoxy) is 1. The van der Waals surface area contributed by atoms with Crippen molar-refractivity contribution in [3.8, 4) is 16.9 Å². The molecule has 1 aliphatic rings. The maximum Gasteiger partial charge on any atom is 0.127 e. The number of piperidine rings is 1. The zero-order valence-electron chi connectivity index (χ0n) is 17.4. The first-order valence-electron chi connectivity index (χ1n) is 10.5. The van der Waals surface area contributed by atoms with Gasteiger partial charge in [0.15, 0.2) is 0 Å². The van der Waals surface area contributed by atoms with Gasteiger partial charge in [-0.25, -0.2) is 0 Å². The van der Waals surface area contributed by atoms with Gasteiger partial charge in [0.25, 0.3) is 0 Å². The van der Waals surface area contributed by atoms with Gasteiger partial charge in [0.05, 0.1) is 5.60 Å². The highest BCUT2D eigenvalue weighted by Crippen LogP contribution is 2.37. The number of hydrogen-bond donors (Lipinski definition) is 3. The van der Waals surface area contributed by atoms with Crippen molar-refractivity contribution in [3.05, 3.63) is 60.7 Å². The molecule has 1 unspecified atom stereocenters. The minimum atomic E-state index is -0.604. The Morgan fingerprint density at radius 2 is 1.83 bits per heavy atom. The average molecular weight is 407 g/mol. The van der Waals surface area contributed by atoms with E-state index in [0.717, 1.165) is 53.6 Å². The highest BCUT2D eigenvalue weighted by Gasteiger charge is 2.28. The molecule has 0 spiro atoms. The Kier molecular flexibility index (Phi) is 5.95. The van der Waals surface area contributed by atoms with Crippen LogP contribution in [0.15, 0.2) is 60.7 Å². The smallest absolute Gasteiger partial charge is 0.127 e. The number of hydrogen-bond acceptors (Lipinski definition) is 5. The molecular formula is C25H30N2O3. The van der Waals surface area contributed by atoms with Gasteiger partial charge >= 0.3 is 0 Å². The van der Waals surface area contributed by atoms with E-state index >= 15 is 0 Å². The number of fused-ring (bicyclic) bond motifs is 1. The molecule has 4 N–H and O–H groups in total. The average Bonchev–Trinajstić information content (AvgIpc) is 2.73. The fraction of sp³-hybridized carbons (Fsp3) is 0.360. The molecule has 5 nitrogen and oxygen atoms in total. The number of nitrogens with two attached hydrogens (primary N) is 1. The quantitative estimate of drug-likeness (QED) is 0.544. The maximum absolute atomic E-state index is 10.6. The van der Waals surface area contributed by atoms with E-state index in [2.05, 4.69) is 17.0 Å². The fourth-order valence-corrected chi connectivity index (χ4v) is 4.12. The van der Waals surface area contributed by atoms with Gasteiger partial charge in [0, 0.05) is 30.9 Å². The summed E-state index contributed by atoms with van der Waals surface area (Å²) >= 11 is 0. The lowest BCUT2D eigenvalue weighted by Gasteiger charge is -2.36. The van der Waals surface area contributed by atoms with Crippen LogP contribution < -0.4 is 10.5 Å². The van der Waals surface area contributed by atoms with Gasteiger partial charge in [-0.3, -0.25) is 0 Å². The zero-order valence-corrected chi connectivity index (χ0v) is 17.4. The largest absolute Gasteiger partial charge is 0.490 e. The number of nitrogen functional groups attached to an aromatic ring is 1. The lowest BCUT2D eigenvalue weighted by Crippen LogP contribution is -2.46. The summed E-state index contributed by atoms with van der Waals surface area (Å²) in [6.07, 6.45) is 0.851. The van der Waals surface area contributed by atoms with Crippen molar-refractivity contribution >= 4 is 16.5 Å². The molecule has 0 saturated carbocycles. The molecule has 3 aromatic rings. The van der Waals surface area contributed by atoms with E-state index in [-0.39, 0.29) is 6.61 Å². The summed E-state index contributed by atoms with van der Waals surface area (Å²) in [5.41, 5.74) is 8.13. The number of β-amino-alcohol motifs (C(OH)–C–C–N with tert-alkyl or cyclic N) is 1. The van der Waals surface area contributed by atoms with E-state index in [9.17, 15) is 10.2 Å². The Labute approximate surface area is 177 Å². The number of likely N-dealkylation sites (tertiary alicyclic amines) is 1. The fourth-order valence-electron chi connectivity index (χ4n) is 4.12. The van der Waals surface area contributed by atoms with Crippen molar-refractivity contribution < 1.29 is 14.9 Å². The second kappa shape index (κ2) is 8.64. The van der Waals surface area contributed by atoms with E-state index in [1.54, 1.807) is 0 Å². The summed E-state index contributed by atoms with van der Waals surface area (Å²) < 4.78 is 6.12. The molecule has 0 bridgehead atoms. The predicted molar refractivity (Wildman–Crippen MR) is 122 cm³/mol. The molecule has 1 heterocycles. The molecule has 0 amide bonds.